The number of rotatable bonds is 5. The van der Waals surface area contributed by atoms with Crippen molar-refractivity contribution in [1.29, 1.82) is 0 Å². The van der Waals surface area contributed by atoms with Crippen molar-refractivity contribution >= 4 is 11.7 Å². The number of aliphatic hydroxyl groups excluding tert-OH is 2. The van der Waals surface area contributed by atoms with Crippen LogP contribution in [0.1, 0.15) is 95.4 Å². The van der Waals surface area contributed by atoms with Gasteiger partial charge in [0.05, 0.1) is 41.1 Å². The van der Waals surface area contributed by atoms with E-state index in [2.05, 4.69) is 5.16 Å². The predicted molar refractivity (Wildman–Crippen MR) is 159 cm³/mol. The molecule has 0 aromatic carbocycles. The van der Waals surface area contributed by atoms with Gasteiger partial charge in [-0.1, -0.05) is 60.5 Å². The molecule has 0 spiro atoms. The lowest BCUT2D eigenvalue weighted by molar-refractivity contribution is -0.235. The van der Waals surface area contributed by atoms with Gasteiger partial charge >= 0.3 is 5.97 Å². The molecule has 3 N–H and O–H groups in total. The lowest BCUT2D eigenvalue weighted by Gasteiger charge is -2.50. The molecule has 0 aromatic rings. The maximum atomic E-state index is 13.9. The van der Waals surface area contributed by atoms with Crippen LogP contribution in [0.5, 0.6) is 0 Å². The fourth-order valence-electron chi connectivity index (χ4n) is 7.66. The van der Waals surface area contributed by atoms with Gasteiger partial charge in [-0.05, 0) is 45.4 Å². The van der Waals surface area contributed by atoms with Crippen LogP contribution in [-0.4, -0.2) is 82.7 Å². The van der Waals surface area contributed by atoms with E-state index in [4.69, 9.17) is 19.0 Å². The van der Waals surface area contributed by atoms with Gasteiger partial charge in [0, 0.05) is 36.7 Å². The van der Waals surface area contributed by atoms with Crippen molar-refractivity contribution in [2.45, 2.75) is 137 Å². The van der Waals surface area contributed by atoms with Crippen LogP contribution in [0, 0.1) is 40.9 Å². The second kappa shape index (κ2) is 14.2. The predicted octanol–water partition coefficient (Wildman–Crippen LogP) is 4.89. The minimum Gasteiger partial charge on any atom is -0.461 e. The summed E-state index contributed by atoms with van der Waals surface area (Å²) in [5.74, 6) is -2.92. The highest BCUT2D eigenvalue weighted by molar-refractivity contribution is 5.88. The second-order valence-corrected chi connectivity index (χ2v) is 14.2. The number of carbonyl (C=O) groups excluding carboxylic acids is 1. The van der Waals surface area contributed by atoms with E-state index in [0.29, 0.717) is 18.6 Å². The highest BCUT2D eigenvalue weighted by atomic mass is 19.1. The summed E-state index contributed by atoms with van der Waals surface area (Å²) in [7, 11) is 1.56. The topological polar surface area (TPSA) is 127 Å². The number of esters is 1. The minimum absolute atomic E-state index is 0.232. The Hall–Kier alpha value is -1.33. The molecule has 2 rings (SSSR count). The van der Waals surface area contributed by atoms with E-state index in [1.807, 2.05) is 55.4 Å². The zero-order chi connectivity index (χ0) is 32.4. The van der Waals surface area contributed by atoms with Crippen LogP contribution in [0.3, 0.4) is 0 Å². The summed E-state index contributed by atoms with van der Waals surface area (Å²) in [6, 6.07) is 0. The fourth-order valence-corrected chi connectivity index (χ4v) is 7.66. The van der Waals surface area contributed by atoms with Gasteiger partial charge in [-0.25, -0.2) is 4.39 Å². The number of alkyl halides is 1. The number of aliphatic hydroxyl groups is 3. The van der Waals surface area contributed by atoms with Crippen molar-refractivity contribution in [3.05, 3.63) is 0 Å². The average molecular weight is 604 g/mol. The first-order chi connectivity index (χ1) is 19.3. The van der Waals surface area contributed by atoms with Gasteiger partial charge in [0.25, 0.3) is 6.86 Å². The van der Waals surface area contributed by atoms with Gasteiger partial charge in [-0.3, -0.25) is 4.79 Å². The summed E-state index contributed by atoms with van der Waals surface area (Å²) in [5, 5.41) is 38.5. The minimum atomic E-state index is -1.24. The van der Waals surface area contributed by atoms with Gasteiger partial charge in [-0.2, -0.15) is 0 Å². The number of hydrogen-bond donors (Lipinski definition) is 3. The highest BCUT2D eigenvalue weighted by Gasteiger charge is 2.52. The Morgan fingerprint density at radius 3 is 2.12 bits per heavy atom. The van der Waals surface area contributed by atoms with E-state index in [0.717, 1.165) is 0 Å². The summed E-state index contributed by atoms with van der Waals surface area (Å²) in [6.07, 6.45) is -2.41. The smallest absolute Gasteiger partial charge is 0.309 e. The lowest BCUT2D eigenvalue weighted by Crippen LogP contribution is -2.59. The number of cyclic esters (lactones) is 1. The highest BCUT2D eigenvalue weighted by Crippen LogP contribution is 2.46. The maximum Gasteiger partial charge on any atom is 0.309 e. The Morgan fingerprint density at radius 2 is 1.60 bits per heavy atom. The monoisotopic (exact) mass is 603 g/mol. The summed E-state index contributed by atoms with van der Waals surface area (Å²) in [6.45, 7) is 19.4. The van der Waals surface area contributed by atoms with Crippen LogP contribution < -0.4 is 0 Å². The van der Waals surface area contributed by atoms with Crippen LogP contribution in [0.4, 0.5) is 4.39 Å². The molecule has 0 aliphatic carbocycles. The van der Waals surface area contributed by atoms with Crippen molar-refractivity contribution in [3.8, 4) is 0 Å². The third-order valence-electron chi connectivity index (χ3n) is 10.9. The first-order valence-electron chi connectivity index (χ1n) is 15.6. The number of nitrogens with zero attached hydrogens (tertiary/aromatic N) is 1. The quantitative estimate of drug-likeness (QED) is 0.300. The Bertz CT molecular complexity index is 928. The van der Waals surface area contributed by atoms with Gasteiger partial charge < -0.3 is 34.4 Å². The average Bonchev–Trinajstić information content (AvgIpc) is 2.92. The largest absolute Gasteiger partial charge is 0.461 e. The third kappa shape index (κ3) is 7.48. The van der Waals surface area contributed by atoms with Crippen LogP contribution in [0.2, 0.25) is 0 Å². The van der Waals surface area contributed by atoms with E-state index in [1.54, 1.807) is 27.9 Å². The molecule has 13 atom stereocenters. The molecule has 0 amide bonds. The lowest BCUT2D eigenvalue weighted by atomic mass is 9.64. The molecule has 0 saturated carbocycles. The van der Waals surface area contributed by atoms with E-state index < -0.39 is 77.7 Å². The summed E-state index contributed by atoms with van der Waals surface area (Å²) in [4.78, 5) is 18.8. The molecule has 0 aromatic heterocycles. The molecule has 2 heterocycles. The molecule has 2 saturated heterocycles. The standard InChI is InChI=1S/C32H58FNO8/c1-13-24-30(8,9)27(35)20(5)26(34-40-16-33)17(2)14-31(10,38)21(6)18(3)25(19(4)29(37)42-24)23-15-32(11,39-12)28(36)22(7)41-23/h17-25,27-28,35-36,38H,13-16H2,1-12H3/b34-26+/t17-,18-,19-,20+,21-,22+,23-,24-,25?,27-,28+,31-,32-/m1/s1. The summed E-state index contributed by atoms with van der Waals surface area (Å²) >= 11 is 0. The molecular formula is C32H58FNO8. The van der Waals surface area contributed by atoms with Crippen LogP contribution in [0.15, 0.2) is 5.16 Å². The Labute approximate surface area is 252 Å². The molecule has 0 bridgehead atoms. The Morgan fingerprint density at radius 1 is 1.00 bits per heavy atom. The maximum absolute atomic E-state index is 13.9. The van der Waals surface area contributed by atoms with Crippen LogP contribution in [0.25, 0.3) is 0 Å². The van der Waals surface area contributed by atoms with E-state index in [9.17, 15) is 24.5 Å². The number of hydrogen-bond acceptors (Lipinski definition) is 9. The molecule has 10 heteroatoms. The number of ether oxygens (including phenoxy) is 3. The number of carbonyl (C=O) groups is 1. The summed E-state index contributed by atoms with van der Waals surface area (Å²) in [5.41, 5.74) is -2.58. The van der Waals surface area contributed by atoms with Crippen molar-refractivity contribution in [1.82, 2.24) is 0 Å². The molecule has 2 aliphatic rings. The Kier molecular flexibility index (Phi) is 12.4. The molecule has 9 nitrogen and oxygen atoms in total. The number of methoxy groups -OCH3 is 1. The van der Waals surface area contributed by atoms with Crippen molar-refractivity contribution in [2.75, 3.05) is 14.0 Å². The number of oxime groups is 1. The van der Waals surface area contributed by atoms with Gasteiger partial charge in [0.2, 0.25) is 0 Å². The molecule has 2 fully saturated rings. The van der Waals surface area contributed by atoms with Crippen molar-refractivity contribution < 1.29 is 43.6 Å². The normalized spacial score (nSPS) is 47.0. The molecule has 2 aliphatic heterocycles. The fraction of sp³-hybridized carbons (Fsp3) is 0.938. The summed E-state index contributed by atoms with van der Waals surface area (Å²) < 4.78 is 31.4. The van der Waals surface area contributed by atoms with Crippen LogP contribution >= 0.6 is 0 Å². The van der Waals surface area contributed by atoms with E-state index in [1.165, 1.54) is 0 Å². The molecule has 246 valence electrons. The van der Waals surface area contributed by atoms with Gasteiger partial charge in [0.15, 0.2) is 0 Å². The third-order valence-corrected chi connectivity index (χ3v) is 10.9. The van der Waals surface area contributed by atoms with Crippen molar-refractivity contribution in [2.24, 2.45) is 46.1 Å². The first kappa shape index (κ1) is 36.9. The SMILES string of the molecule is CC[C@H]1OC(=O)[C@H](C)C([C@H]2C[C@@](C)(OC)[C@@H](O)[C@H](C)O2)[C@H](C)[C@@H](C)[C@](C)(O)C[C@@H](C)/C(=N\OCF)[C@H](C)[C@@H](O)C1(C)C. The molecule has 42 heavy (non-hydrogen) atoms. The second-order valence-electron chi connectivity index (χ2n) is 14.2. The molecular weight excluding hydrogens is 545 g/mol. The zero-order valence-corrected chi connectivity index (χ0v) is 27.9. The van der Waals surface area contributed by atoms with Crippen molar-refractivity contribution in [3.63, 3.8) is 0 Å². The zero-order valence-electron chi connectivity index (χ0n) is 27.9. The molecule has 1 unspecified atom stereocenters. The molecule has 0 radical (unpaired) electrons. The Balaban J connectivity index is 2.70. The van der Waals surface area contributed by atoms with Gasteiger partial charge in [-0.15, -0.1) is 0 Å². The van der Waals surface area contributed by atoms with E-state index in [-0.39, 0.29) is 24.2 Å². The first-order valence-corrected chi connectivity index (χ1v) is 15.6. The number of halogens is 1. The van der Waals surface area contributed by atoms with Crippen LogP contribution in [-0.2, 0) is 23.8 Å². The van der Waals surface area contributed by atoms with E-state index >= 15 is 0 Å². The van der Waals surface area contributed by atoms with Gasteiger partial charge in [0.1, 0.15) is 12.2 Å².